The van der Waals surface area contributed by atoms with Crippen LogP contribution in [0.1, 0.15) is 12.7 Å². The van der Waals surface area contributed by atoms with Crippen LogP contribution in [0.3, 0.4) is 0 Å². The lowest BCUT2D eigenvalue weighted by Crippen LogP contribution is -2.19. The quantitative estimate of drug-likeness (QED) is 0.893. The Balaban J connectivity index is 1.97. The molecule has 0 aliphatic carbocycles. The normalized spacial score (nSPS) is 13.0. The van der Waals surface area contributed by atoms with E-state index in [4.69, 9.17) is 4.42 Å². The molecule has 1 N–H and O–H groups in total. The van der Waals surface area contributed by atoms with Crippen molar-refractivity contribution < 1.29 is 22.3 Å². The Bertz CT molecular complexity index is 538. The number of alkyl halides is 3. The smallest absolute Gasteiger partial charge is 0.469 e. The van der Waals surface area contributed by atoms with Crippen molar-refractivity contribution in [3.63, 3.8) is 0 Å². The van der Waals surface area contributed by atoms with Crippen molar-refractivity contribution in [2.24, 2.45) is 0 Å². The summed E-state index contributed by atoms with van der Waals surface area (Å²) < 4.78 is 45.5. The number of nitrogens with one attached hydrogen (secondary N) is 1. The minimum absolute atomic E-state index is 0.0160. The SMILES string of the molecule is CC(Cc1ccco1)Nc1cccc(OC(F)(F)F)c1. The Morgan fingerprint density at radius 1 is 1.25 bits per heavy atom. The van der Waals surface area contributed by atoms with E-state index in [1.807, 2.05) is 13.0 Å². The van der Waals surface area contributed by atoms with Gasteiger partial charge >= 0.3 is 6.36 Å². The predicted molar refractivity (Wildman–Crippen MR) is 68.6 cm³/mol. The van der Waals surface area contributed by atoms with E-state index in [0.29, 0.717) is 12.1 Å². The number of halogens is 3. The Morgan fingerprint density at radius 3 is 2.70 bits per heavy atom. The molecule has 0 saturated heterocycles. The van der Waals surface area contributed by atoms with Crippen molar-refractivity contribution >= 4 is 5.69 Å². The molecule has 0 aliphatic heterocycles. The molecule has 1 aromatic heterocycles. The first-order valence-electron chi connectivity index (χ1n) is 6.07. The van der Waals surface area contributed by atoms with Gasteiger partial charge in [0.1, 0.15) is 11.5 Å². The highest BCUT2D eigenvalue weighted by atomic mass is 19.4. The molecule has 0 aliphatic rings. The number of anilines is 1. The van der Waals surface area contributed by atoms with Gasteiger partial charge in [-0.25, -0.2) is 0 Å². The van der Waals surface area contributed by atoms with Crippen LogP contribution in [0.25, 0.3) is 0 Å². The highest BCUT2D eigenvalue weighted by molar-refractivity contribution is 5.48. The molecule has 0 radical (unpaired) electrons. The molecule has 1 atom stereocenters. The molecule has 108 valence electrons. The van der Waals surface area contributed by atoms with Crippen molar-refractivity contribution in [3.8, 4) is 5.75 Å². The number of hydrogen-bond donors (Lipinski definition) is 1. The predicted octanol–water partition coefficient (Wildman–Crippen LogP) is 4.22. The number of hydrogen-bond acceptors (Lipinski definition) is 3. The molecule has 1 heterocycles. The van der Waals surface area contributed by atoms with Gasteiger partial charge in [0.15, 0.2) is 0 Å². The Hall–Kier alpha value is -2.11. The van der Waals surface area contributed by atoms with Gasteiger partial charge in [-0.05, 0) is 31.2 Å². The fourth-order valence-corrected chi connectivity index (χ4v) is 1.85. The van der Waals surface area contributed by atoms with E-state index in [2.05, 4.69) is 10.1 Å². The maximum Gasteiger partial charge on any atom is 0.573 e. The van der Waals surface area contributed by atoms with Crippen LogP contribution in [-0.4, -0.2) is 12.4 Å². The first-order valence-corrected chi connectivity index (χ1v) is 6.07. The summed E-state index contributed by atoms with van der Waals surface area (Å²) in [7, 11) is 0. The van der Waals surface area contributed by atoms with Crippen molar-refractivity contribution in [1.82, 2.24) is 0 Å². The first kappa shape index (κ1) is 14.3. The molecule has 1 aromatic carbocycles. The average molecular weight is 285 g/mol. The highest BCUT2D eigenvalue weighted by Crippen LogP contribution is 2.25. The zero-order valence-corrected chi connectivity index (χ0v) is 10.8. The van der Waals surface area contributed by atoms with Gasteiger partial charge in [-0.15, -0.1) is 13.2 Å². The van der Waals surface area contributed by atoms with Crippen LogP contribution >= 0.6 is 0 Å². The first-order chi connectivity index (χ1) is 9.42. The Kier molecular flexibility index (Phi) is 4.22. The van der Waals surface area contributed by atoms with Crippen LogP contribution in [0.2, 0.25) is 0 Å². The van der Waals surface area contributed by atoms with E-state index in [-0.39, 0.29) is 11.8 Å². The van der Waals surface area contributed by atoms with Crippen molar-refractivity contribution in [2.75, 3.05) is 5.32 Å². The highest BCUT2D eigenvalue weighted by Gasteiger charge is 2.31. The number of furan rings is 1. The second-order valence-electron chi connectivity index (χ2n) is 4.40. The summed E-state index contributed by atoms with van der Waals surface area (Å²) in [6.07, 6.45) is -2.46. The molecule has 2 aromatic rings. The maximum atomic E-state index is 12.1. The molecule has 2 rings (SSSR count). The molecule has 0 fully saturated rings. The van der Waals surface area contributed by atoms with Crippen LogP contribution in [0, 0.1) is 0 Å². The summed E-state index contributed by atoms with van der Waals surface area (Å²) in [5.74, 6) is 0.570. The van der Waals surface area contributed by atoms with Crippen molar-refractivity contribution in [2.45, 2.75) is 25.7 Å². The van der Waals surface area contributed by atoms with Gasteiger partial charge in [-0.3, -0.25) is 0 Å². The zero-order valence-electron chi connectivity index (χ0n) is 10.8. The Labute approximate surface area is 114 Å². The van der Waals surface area contributed by atoms with E-state index in [1.165, 1.54) is 18.2 Å². The maximum absolute atomic E-state index is 12.1. The van der Waals surface area contributed by atoms with Crippen LogP contribution in [0.5, 0.6) is 5.75 Å². The van der Waals surface area contributed by atoms with E-state index >= 15 is 0 Å². The fourth-order valence-electron chi connectivity index (χ4n) is 1.85. The minimum Gasteiger partial charge on any atom is -0.469 e. The molecular weight excluding hydrogens is 271 g/mol. The average Bonchev–Trinajstić information content (AvgIpc) is 2.79. The molecule has 20 heavy (non-hydrogen) atoms. The number of benzene rings is 1. The topological polar surface area (TPSA) is 34.4 Å². The molecule has 0 spiro atoms. The molecule has 3 nitrogen and oxygen atoms in total. The minimum atomic E-state index is -4.68. The third kappa shape index (κ3) is 4.53. The van der Waals surface area contributed by atoms with Gasteiger partial charge in [-0.2, -0.15) is 0 Å². The number of rotatable bonds is 5. The summed E-state index contributed by atoms with van der Waals surface area (Å²) in [6, 6.07) is 9.41. The molecule has 0 saturated carbocycles. The lowest BCUT2D eigenvalue weighted by atomic mass is 10.2. The zero-order chi connectivity index (χ0) is 14.6. The van der Waals surface area contributed by atoms with E-state index in [0.717, 1.165) is 5.76 Å². The lowest BCUT2D eigenvalue weighted by Gasteiger charge is -2.15. The molecular formula is C14H14F3NO2. The van der Waals surface area contributed by atoms with Crippen LogP contribution in [0.4, 0.5) is 18.9 Å². The van der Waals surface area contributed by atoms with Gasteiger partial charge in [0.25, 0.3) is 0 Å². The summed E-state index contributed by atoms with van der Waals surface area (Å²) in [4.78, 5) is 0. The summed E-state index contributed by atoms with van der Waals surface area (Å²) in [5.41, 5.74) is 0.561. The molecule has 1 unspecified atom stereocenters. The van der Waals surface area contributed by atoms with E-state index < -0.39 is 6.36 Å². The summed E-state index contributed by atoms with van der Waals surface area (Å²) in [5, 5.41) is 3.10. The van der Waals surface area contributed by atoms with Gasteiger partial charge in [0, 0.05) is 24.2 Å². The van der Waals surface area contributed by atoms with Crippen LogP contribution < -0.4 is 10.1 Å². The van der Waals surface area contributed by atoms with Crippen LogP contribution in [-0.2, 0) is 6.42 Å². The van der Waals surface area contributed by atoms with Gasteiger partial charge < -0.3 is 14.5 Å². The second kappa shape index (κ2) is 5.90. The second-order valence-corrected chi connectivity index (χ2v) is 4.40. The van der Waals surface area contributed by atoms with Gasteiger partial charge in [-0.1, -0.05) is 6.07 Å². The molecule has 0 amide bonds. The van der Waals surface area contributed by atoms with Crippen molar-refractivity contribution in [1.29, 1.82) is 0 Å². The fraction of sp³-hybridized carbons (Fsp3) is 0.286. The number of ether oxygens (including phenoxy) is 1. The molecule has 0 bridgehead atoms. The largest absolute Gasteiger partial charge is 0.573 e. The van der Waals surface area contributed by atoms with Gasteiger partial charge in [0.2, 0.25) is 0 Å². The van der Waals surface area contributed by atoms with E-state index in [9.17, 15) is 13.2 Å². The summed E-state index contributed by atoms with van der Waals surface area (Å²) in [6.45, 7) is 1.92. The van der Waals surface area contributed by atoms with E-state index in [1.54, 1.807) is 18.4 Å². The van der Waals surface area contributed by atoms with Gasteiger partial charge in [0.05, 0.1) is 6.26 Å². The third-order valence-corrected chi connectivity index (χ3v) is 2.57. The van der Waals surface area contributed by atoms with Crippen molar-refractivity contribution in [3.05, 3.63) is 48.4 Å². The summed E-state index contributed by atoms with van der Waals surface area (Å²) >= 11 is 0. The lowest BCUT2D eigenvalue weighted by molar-refractivity contribution is -0.274. The standard InChI is InChI=1S/C14H14F3NO2/c1-10(8-12-6-3-7-19-12)18-11-4-2-5-13(9-11)20-14(15,16)17/h2-7,9-10,18H,8H2,1H3. The Morgan fingerprint density at radius 2 is 2.05 bits per heavy atom. The molecule has 6 heteroatoms. The monoisotopic (exact) mass is 285 g/mol. The van der Waals surface area contributed by atoms with Crippen LogP contribution in [0.15, 0.2) is 47.1 Å². The third-order valence-electron chi connectivity index (χ3n) is 2.57.